The maximum atomic E-state index is 12.4. The highest BCUT2D eigenvalue weighted by Gasteiger charge is 2.46. The van der Waals surface area contributed by atoms with Gasteiger partial charge in [0.2, 0.25) is 5.91 Å². The molecule has 1 aromatic carbocycles. The van der Waals surface area contributed by atoms with E-state index in [9.17, 15) is 9.90 Å². The van der Waals surface area contributed by atoms with Gasteiger partial charge in [0.25, 0.3) is 0 Å². The van der Waals surface area contributed by atoms with E-state index in [2.05, 4.69) is 29.2 Å². The molecule has 0 radical (unpaired) electrons. The smallest absolute Gasteiger partial charge is 0.248 e. The number of carbonyl (C=O) groups is 1. The molecule has 2 fully saturated rings. The maximum absolute atomic E-state index is 12.4. The molecule has 27 heavy (non-hydrogen) atoms. The van der Waals surface area contributed by atoms with Crippen molar-refractivity contribution in [3.05, 3.63) is 42.0 Å². The van der Waals surface area contributed by atoms with Crippen LogP contribution >= 0.6 is 0 Å². The summed E-state index contributed by atoms with van der Waals surface area (Å²) in [6, 6.07) is 10.3. The van der Waals surface area contributed by atoms with Gasteiger partial charge in [-0.25, -0.2) is 0 Å². The van der Waals surface area contributed by atoms with Crippen molar-refractivity contribution in [3.63, 3.8) is 0 Å². The highest BCUT2D eigenvalue weighted by atomic mass is 16.5. The van der Waals surface area contributed by atoms with E-state index in [-0.39, 0.29) is 24.0 Å². The van der Waals surface area contributed by atoms with Gasteiger partial charge < -0.3 is 14.7 Å². The first-order chi connectivity index (χ1) is 13.1. The molecule has 1 N–H and O–H groups in total. The second kappa shape index (κ2) is 9.49. The highest BCUT2D eigenvalue weighted by Crippen LogP contribution is 2.38. The van der Waals surface area contributed by atoms with Gasteiger partial charge in [0.1, 0.15) is 6.61 Å². The molecule has 2 aliphatic rings. The summed E-state index contributed by atoms with van der Waals surface area (Å²) in [4.78, 5) is 16.7. The Hall–Kier alpha value is -1.69. The molecule has 1 amide bonds. The van der Waals surface area contributed by atoms with Crippen molar-refractivity contribution >= 4 is 12.0 Å². The van der Waals surface area contributed by atoms with Gasteiger partial charge in [0.15, 0.2) is 0 Å². The van der Waals surface area contributed by atoms with E-state index in [1.165, 1.54) is 5.56 Å². The molecule has 1 spiro atoms. The zero-order valence-electron chi connectivity index (χ0n) is 16.3. The minimum Gasteiger partial charge on any atom is -0.392 e. The summed E-state index contributed by atoms with van der Waals surface area (Å²) < 4.78 is 5.29. The van der Waals surface area contributed by atoms with E-state index in [1.807, 2.05) is 30.0 Å². The van der Waals surface area contributed by atoms with Crippen LogP contribution in [0.2, 0.25) is 0 Å². The topological polar surface area (TPSA) is 53.0 Å². The summed E-state index contributed by atoms with van der Waals surface area (Å²) in [7, 11) is 0. The SMILES string of the molecule is CCOCC(=O)N1CCC[C@@]2(CN(C/C=C/c3ccccc3)CC[C@H]2O)C1. The van der Waals surface area contributed by atoms with Gasteiger partial charge >= 0.3 is 0 Å². The summed E-state index contributed by atoms with van der Waals surface area (Å²) >= 11 is 0. The van der Waals surface area contributed by atoms with Crippen LogP contribution in [0.1, 0.15) is 31.7 Å². The van der Waals surface area contributed by atoms with E-state index < -0.39 is 0 Å². The third-order valence-corrected chi connectivity index (χ3v) is 5.83. The standard InChI is InChI=1S/C22H32N2O3/c1-2-27-16-21(26)24-14-7-12-22(18-24)17-23(15-11-20(22)25)13-6-10-19-8-4-3-5-9-19/h3-6,8-10,20,25H,2,7,11-18H2,1H3/b10-6+/t20-,22-/m1/s1. The number of nitrogens with zero attached hydrogens (tertiary/aromatic N) is 2. The fourth-order valence-corrected chi connectivity index (χ4v) is 4.35. The minimum absolute atomic E-state index is 0.0456. The Morgan fingerprint density at radius 1 is 1.30 bits per heavy atom. The molecular weight excluding hydrogens is 340 g/mol. The van der Waals surface area contributed by atoms with Crippen LogP contribution in [0.4, 0.5) is 0 Å². The van der Waals surface area contributed by atoms with Gasteiger partial charge in [-0.1, -0.05) is 42.5 Å². The minimum atomic E-state index is -0.338. The lowest BCUT2D eigenvalue weighted by Crippen LogP contribution is -2.60. The van der Waals surface area contributed by atoms with Crippen molar-refractivity contribution in [3.8, 4) is 0 Å². The summed E-state index contributed by atoms with van der Waals surface area (Å²) in [6.07, 6.45) is 6.70. The van der Waals surface area contributed by atoms with Crippen molar-refractivity contribution in [2.45, 2.75) is 32.3 Å². The normalized spacial score (nSPS) is 26.7. The first-order valence-electron chi connectivity index (χ1n) is 10.1. The molecule has 0 bridgehead atoms. The quantitative estimate of drug-likeness (QED) is 0.833. The Bertz CT molecular complexity index is 634. The van der Waals surface area contributed by atoms with Crippen LogP contribution in [0.5, 0.6) is 0 Å². The third kappa shape index (κ3) is 5.18. The summed E-state index contributed by atoms with van der Waals surface area (Å²) in [5.74, 6) is 0.0456. The van der Waals surface area contributed by atoms with Crippen molar-refractivity contribution in [1.82, 2.24) is 9.80 Å². The molecule has 1 aromatic rings. The molecule has 148 valence electrons. The molecule has 3 rings (SSSR count). The number of carbonyl (C=O) groups excluding carboxylic acids is 1. The zero-order chi connectivity index (χ0) is 19.1. The first-order valence-corrected chi connectivity index (χ1v) is 10.1. The fraction of sp³-hybridized carbons (Fsp3) is 0.591. The number of ether oxygens (including phenoxy) is 1. The molecule has 0 unspecified atom stereocenters. The average Bonchev–Trinajstić information content (AvgIpc) is 2.70. The van der Waals surface area contributed by atoms with Crippen molar-refractivity contribution in [2.75, 3.05) is 45.9 Å². The number of aliphatic hydroxyl groups is 1. The molecular formula is C22H32N2O3. The lowest BCUT2D eigenvalue weighted by atomic mass is 9.71. The Morgan fingerprint density at radius 3 is 2.89 bits per heavy atom. The summed E-state index contributed by atoms with van der Waals surface area (Å²) in [6.45, 7) is 6.61. The highest BCUT2D eigenvalue weighted by molar-refractivity contribution is 5.77. The molecule has 5 heteroatoms. The number of hydrogen-bond donors (Lipinski definition) is 1. The average molecular weight is 373 g/mol. The number of likely N-dealkylation sites (tertiary alicyclic amines) is 2. The molecule has 2 saturated heterocycles. The van der Waals surface area contributed by atoms with Gasteiger partial charge in [-0.15, -0.1) is 0 Å². The van der Waals surface area contributed by atoms with Crippen LogP contribution in [-0.2, 0) is 9.53 Å². The van der Waals surface area contributed by atoms with Gasteiger partial charge in [-0.3, -0.25) is 9.69 Å². The molecule has 0 aliphatic carbocycles. The molecule has 2 atom stereocenters. The second-order valence-electron chi connectivity index (χ2n) is 7.77. The van der Waals surface area contributed by atoms with Crippen LogP contribution in [0.3, 0.4) is 0 Å². The van der Waals surface area contributed by atoms with Crippen molar-refractivity contribution in [2.24, 2.45) is 5.41 Å². The van der Waals surface area contributed by atoms with Crippen LogP contribution in [0, 0.1) is 5.41 Å². The number of piperidine rings is 2. The van der Waals surface area contributed by atoms with E-state index >= 15 is 0 Å². The molecule has 0 aromatic heterocycles. The zero-order valence-corrected chi connectivity index (χ0v) is 16.3. The number of hydrogen-bond acceptors (Lipinski definition) is 4. The summed E-state index contributed by atoms with van der Waals surface area (Å²) in [5.41, 5.74) is 0.994. The monoisotopic (exact) mass is 372 g/mol. The van der Waals surface area contributed by atoms with Crippen molar-refractivity contribution < 1.29 is 14.6 Å². The van der Waals surface area contributed by atoms with Crippen LogP contribution < -0.4 is 0 Å². The second-order valence-corrected chi connectivity index (χ2v) is 7.77. The predicted octanol–water partition coefficient (Wildman–Crippen LogP) is 2.41. The lowest BCUT2D eigenvalue weighted by Gasteiger charge is -2.51. The molecule has 2 aliphatic heterocycles. The van der Waals surface area contributed by atoms with Gasteiger partial charge in [0.05, 0.1) is 6.10 Å². The largest absolute Gasteiger partial charge is 0.392 e. The third-order valence-electron chi connectivity index (χ3n) is 5.83. The predicted molar refractivity (Wildman–Crippen MR) is 107 cm³/mol. The number of aliphatic hydroxyl groups excluding tert-OH is 1. The van der Waals surface area contributed by atoms with Gasteiger partial charge in [0, 0.05) is 44.7 Å². The van der Waals surface area contributed by atoms with E-state index in [1.54, 1.807) is 0 Å². The van der Waals surface area contributed by atoms with Gasteiger partial charge in [-0.2, -0.15) is 0 Å². The molecule has 0 saturated carbocycles. The van der Waals surface area contributed by atoms with E-state index in [0.717, 1.165) is 45.4 Å². The Balaban J connectivity index is 1.60. The fourth-order valence-electron chi connectivity index (χ4n) is 4.35. The number of rotatable bonds is 6. The molecule has 2 heterocycles. The van der Waals surface area contributed by atoms with Crippen LogP contribution in [0.15, 0.2) is 36.4 Å². The van der Waals surface area contributed by atoms with E-state index in [0.29, 0.717) is 13.2 Å². The van der Waals surface area contributed by atoms with Crippen molar-refractivity contribution in [1.29, 1.82) is 0 Å². The summed E-state index contributed by atoms with van der Waals surface area (Å²) in [5, 5.41) is 10.8. The number of amides is 1. The lowest BCUT2D eigenvalue weighted by molar-refractivity contribution is -0.145. The van der Waals surface area contributed by atoms with Crippen LogP contribution in [-0.4, -0.2) is 72.9 Å². The van der Waals surface area contributed by atoms with Crippen LogP contribution in [0.25, 0.3) is 6.08 Å². The Labute approximate surface area is 162 Å². The Morgan fingerprint density at radius 2 is 2.11 bits per heavy atom. The van der Waals surface area contributed by atoms with E-state index in [4.69, 9.17) is 4.74 Å². The molecule has 5 nitrogen and oxygen atoms in total. The maximum Gasteiger partial charge on any atom is 0.248 e. The van der Waals surface area contributed by atoms with Gasteiger partial charge in [-0.05, 0) is 31.7 Å². The Kier molecular flexibility index (Phi) is 7.05. The number of benzene rings is 1. The first kappa shape index (κ1) is 20.1.